The molecule has 1 saturated carbocycles. The van der Waals surface area contributed by atoms with Crippen LogP contribution < -0.4 is 4.74 Å². The molecule has 120 valence electrons. The molecule has 0 bridgehead atoms. The van der Waals surface area contributed by atoms with E-state index in [1.165, 1.54) is 12.8 Å². The molecular formula is C18H25NO3. The Kier molecular flexibility index (Phi) is 4.39. The Labute approximate surface area is 132 Å². The van der Waals surface area contributed by atoms with Crippen LogP contribution in [0.15, 0.2) is 18.2 Å². The maximum Gasteiger partial charge on any atom is 0.254 e. The number of nitrogens with zero attached hydrogens (tertiary/aromatic N) is 1. The predicted octanol–water partition coefficient (Wildman–Crippen LogP) is 2.89. The van der Waals surface area contributed by atoms with Crippen molar-refractivity contribution in [2.75, 3.05) is 27.3 Å². The Morgan fingerprint density at radius 3 is 2.73 bits per heavy atom. The highest BCUT2D eigenvalue weighted by Gasteiger charge is 2.42. The first-order chi connectivity index (χ1) is 10.6. The van der Waals surface area contributed by atoms with Crippen molar-refractivity contribution in [3.8, 4) is 5.75 Å². The molecule has 1 heterocycles. The normalized spacial score (nSPS) is 27.6. The van der Waals surface area contributed by atoms with Crippen LogP contribution in [0, 0.1) is 18.8 Å². The van der Waals surface area contributed by atoms with E-state index in [9.17, 15) is 4.79 Å². The maximum absolute atomic E-state index is 12.9. The van der Waals surface area contributed by atoms with E-state index in [-0.39, 0.29) is 5.91 Å². The summed E-state index contributed by atoms with van der Waals surface area (Å²) in [4.78, 5) is 14.9. The molecule has 2 fully saturated rings. The summed E-state index contributed by atoms with van der Waals surface area (Å²) in [5.74, 6) is 2.04. The lowest BCUT2D eigenvalue weighted by atomic mass is 9.79. The minimum absolute atomic E-state index is 0.143. The van der Waals surface area contributed by atoms with Crippen LogP contribution in [-0.2, 0) is 4.74 Å². The fourth-order valence-electron chi connectivity index (χ4n) is 4.05. The highest BCUT2D eigenvalue weighted by Crippen LogP contribution is 2.38. The second-order valence-corrected chi connectivity index (χ2v) is 6.52. The van der Waals surface area contributed by atoms with Gasteiger partial charge in [0, 0.05) is 31.7 Å². The molecule has 0 aromatic heterocycles. The molecular weight excluding hydrogens is 278 g/mol. The predicted molar refractivity (Wildman–Crippen MR) is 85.3 cm³/mol. The van der Waals surface area contributed by atoms with E-state index in [0.29, 0.717) is 17.9 Å². The Morgan fingerprint density at radius 2 is 2.05 bits per heavy atom. The fourth-order valence-corrected chi connectivity index (χ4v) is 4.05. The molecule has 1 saturated heterocycles. The van der Waals surface area contributed by atoms with Gasteiger partial charge in [-0.1, -0.05) is 6.42 Å². The number of aryl methyl sites for hydroxylation is 1. The van der Waals surface area contributed by atoms with Gasteiger partial charge in [-0.2, -0.15) is 0 Å². The monoisotopic (exact) mass is 303 g/mol. The number of hydrogen-bond acceptors (Lipinski definition) is 3. The molecule has 0 radical (unpaired) electrons. The first kappa shape index (κ1) is 15.3. The Bertz CT molecular complexity index is 557. The van der Waals surface area contributed by atoms with Crippen molar-refractivity contribution >= 4 is 5.91 Å². The summed E-state index contributed by atoms with van der Waals surface area (Å²) in [6.45, 7) is 3.67. The van der Waals surface area contributed by atoms with Gasteiger partial charge in [0.15, 0.2) is 0 Å². The quantitative estimate of drug-likeness (QED) is 0.862. The summed E-state index contributed by atoms with van der Waals surface area (Å²) in [6, 6.07) is 5.67. The largest absolute Gasteiger partial charge is 0.497 e. The lowest BCUT2D eigenvalue weighted by molar-refractivity contribution is 0.0126. The highest BCUT2D eigenvalue weighted by atomic mass is 16.5. The standard InChI is InChI=1S/C18H25NO3/c1-12-9-14(21-2)7-8-15(12)18(20)19-10-13-5-4-6-17(22-3)16(13)11-19/h7-9,13,16-17H,4-6,10-11H2,1-3H3/t13-,16+,17-/m1/s1. The number of fused-ring (bicyclic) bond motifs is 1. The number of amides is 1. The second kappa shape index (κ2) is 6.29. The molecule has 22 heavy (non-hydrogen) atoms. The van der Waals surface area contributed by atoms with Crippen LogP contribution in [0.2, 0.25) is 0 Å². The summed E-state index contributed by atoms with van der Waals surface area (Å²) >= 11 is 0. The molecule has 2 aliphatic rings. The second-order valence-electron chi connectivity index (χ2n) is 6.52. The number of carbonyl (C=O) groups excluding carboxylic acids is 1. The topological polar surface area (TPSA) is 38.8 Å². The number of benzene rings is 1. The van der Waals surface area contributed by atoms with Crippen LogP contribution >= 0.6 is 0 Å². The first-order valence-electron chi connectivity index (χ1n) is 8.10. The molecule has 0 spiro atoms. The van der Waals surface area contributed by atoms with Gasteiger partial charge in [0.25, 0.3) is 5.91 Å². The Hall–Kier alpha value is -1.55. The van der Waals surface area contributed by atoms with Gasteiger partial charge in [0.2, 0.25) is 0 Å². The third-order valence-corrected chi connectivity index (χ3v) is 5.29. The van der Waals surface area contributed by atoms with E-state index in [0.717, 1.165) is 36.4 Å². The summed E-state index contributed by atoms with van der Waals surface area (Å²) in [7, 11) is 3.44. The van der Waals surface area contributed by atoms with Gasteiger partial charge in [0.1, 0.15) is 5.75 Å². The van der Waals surface area contributed by atoms with Gasteiger partial charge in [-0.3, -0.25) is 4.79 Å². The molecule has 4 heteroatoms. The molecule has 1 amide bonds. The number of likely N-dealkylation sites (tertiary alicyclic amines) is 1. The molecule has 3 atom stereocenters. The number of carbonyl (C=O) groups is 1. The Balaban J connectivity index is 1.76. The van der Waals surface area contributed by atoms with E-state index in [2.05, 4.69) is 0 Å². The highest BCUT2D eigenvalue weighted by molar-refractivity contribution is 5.96. The van der Waals surface area contributed by atoms with Crippen molar-refractivity contribution < 1.29 is 14.3 Å². The smallest absolute Gasteiger partial charge is 0.254 e. The minimum Gasteiger partial charge on any atom is -0.497 e. The van der Waals surface area contributed by atoms with E-state index >= 15 is 0 Å². The van der Waals surface area contributed by atoms with Gasteiger partial charge >= 0.3 is 0 Å². The van der Waals surface area contributed by atoms with Crippen molar-refractivity contribution in [1.29, 1.82) is 0 Å². The zero-order valence-electron chi connectivity index (χ0n) is 13.7. The van der Waals surface area contributed by atoms with Crippen molar-refractivity contribution in [2.24, 2.45) is 11.8 Å². The van der Waals surface area contributed by atoms with Gasteiger partial charge in [-0.25, -0.2) is 0 Å². The average Bonchev–Trinajstić information content (AvgIpc) is 2.98. The molecule has 4 nitrogen and oxygen atoms in total. The van der Waals surface area contributed by atoms with Crippen LogP contribution in [0.5, 0.6) is 5.75 Å². The van der Waals surface area contributed by atoms with Crippen molar-refractivity contribution in [3.05, 3.63) is 29.3 Å². The summed E-state index contributed by atoms with van der Waals surface area (Å²) < 4.78 is 10.9. The zero-order chi connectivity index (χ0) is 15.7. The summed E-state index contributed by atoms with van der Waals surface area (Å²) in [5, 5.41) is 0. The number of methoxy groups -OCH3 is 2. The van der Waals surface area contributed by atoms with Crippen LogP contribution in [0.25, 0.3) is 0 Å². The zero-order valence-corrected chi connectivity index (χ0v) is 13.7. The molecule has 1 aliphatic heterocycles. The number of hydrogen-bond donors (Lipinski definition) is 0. The lowest BCUT2D eigenvalue weighted by Gasteiger charge is -2.31. The van der Waals surface area contributed by atoms with Gasteiger partial charge in [-0.05, 0) is 49.4 Å². The molecule has 1 aromatic carbocycles. The third kappa shape index (κ3) is 2.72. The lowest BCUT2D eigenvalue weighted by Crippen LogP contribution is -2.33. The van der Waals surface area contributed by atoms with Crippen molar-refractivity contribution in [3.63, 3.8) is 0 Å². The number of rotatable bonds is 3. The van der Waals surface area contributed by atoms with E-state index in [1.54, 1.807) is 14.2 Å². The van der Waals surface area contributed by atoms with Crippen LogP contribution in [0.1, 0.15) is 35.2 Å². The van der Waals surface area contributed by atoms with Gasteiger partial charge < -0.3 is 14.4 Å². The van der Waals surface area contributed by atoms with Crippen molar-refractivity contribution in [2.45, 2.75) is 32.3 Å². The molecule has 0 unspecified atom stereocenters. The SMILES string of the molecule is COc1ccc(C(=O)N2C[C@H]3CCC[C@@H](OC)[C@H]3C2)c(C)c1. The van der Waals surface area contributed by atoms with E-state index in [1.807, 2.05) is 30.0 Å². The van der Waals surface area contributed by atoms with Crippen molar-refractivity contribution in [1.82, 2.24) is 4.90 Å². The van der Waals surface area contributed by atoms with Crippen LogP contribution in [0.3, 0.4) is 0 Å². The molecule has 0 N–H and O–H groups in total. The van der Waals surface area contributed by atoms with E-state index in [4.69, 9.17) is 9.47 Å². The fraction of sp³-hybridized carbons (Fsp3) is 0.611. The van der Waals surface area contributed by atoms with Crippen LogP contribution in [0.4, 0.5) is 0 Å². The Morgan fingerprint density at radius 1 is 1.23 bits per heavy atom. The number of ether oxygens (including phenoxy) is 2. The third-order valence-electron chi connectivity index (χ3n) is 5.29. The molecule has 1 aromatic rings. The van der Waals surface area contributed by atoms with Crippen LogP contribution in [-0.4, -0.2) is 44.2 Å². The summed E-state index contributed by atoms with van der Waals surface area (Å²) in [5.41, 5.74) is 1.76. The summed E-state index contributed by atoms with van der Waals surface area (Å²) in [6.07, 6.45) is 3.87. The average molecular weight is 303 g/mol. The first-order valence-corrected chi connectivity index (χ1v) is 8.10. The molecule has 1 aliphatic carbocycles. The van der Waals surface area contributed by atoms with Gasteiger partial charge in [-0.15, -0.1) is 0 Å². The molecule has 3 rings (SSSR count). The van der Waals surface area contributed by atoms with E-state index < -0.39 is 0 Å². The van der Waals surface area contributed by atoms with Gasteiger partial charge in [0.05, 0.1) is 13.2 Å². The maximum atomic E-state index is 12.9. The minimum atomic E-state index is 0.143.